The Morgan fingerprint density at radius 3 is 2.82 bits per heavy atom. The summed E-state index contributed by atoms with van der Waals surface area (Å²) in [6.45, 7) is 7.19. The van der Waals surface area contributed by atoms with Crippen LogP contribution in [0.15, 0.2) is 22.6 Å². The molecule has 0 amide bonds. The summed E-state index contributed by atoms with van der Waals surface area (Å²) in [6, 6.07) is 2.62. The van der Waals surface area contributed by atoms with Crippen LogP contribution in [0.25, 0.3) is 0 Å². The van der Waals surface area contributed by atoms with Crippen molar-refractivity contribution in [2.45, 2.75) is 26.2 Å². The molecule has 0 radical (unpaired) electrons. The normalized spacial score (nSPS) is 8.45. The van der Waals surface area contributed by atoms with Crippen LogP contribution in [0, 0.1) is 0 Å². The first-order chi connectivity index (χ1) is 5.41. The molecule has 0 atom stereocenters. The van der Waals surface area contributed by atoms with E-state index < -0.39 is 0 Å². The quantitative estimate of drug-likeness (QED) is 0.317. The number of unbranched alkanes of at least 4 members (excludes halogenated alkanes) is 2. The molecule has 2 nitrogen and oxygen atoms in total. The smallest absolute Gasteiger partial charge is 0.0895 e. The highest BCUT2D eigenvalue weighted by Gasteiger charge is 1.79. The first kappa shape index (κ1) is 10.1. The highest BCUT2D eigenvalue weighted by Crippen LogP contribution is 1.92. The summed E-state index contributed by atoms with van der Waals surface area (Å²) in [6.07, 6.45) is 5.35. The zero-order valence-electron chi connectivity index (χ0n) is 7.21. The van der Waals surface area contributed by atoms with Crippen LogP contribution in [0.2, 0.25) is 0 Å². The molecule has 0 spiro atoms. The van der Waals surface area contributed by atoms with Gasteiger partial charge in [0.05, 0.1) is 12.6 Å². The monoisotopic (exact) mass is 152 g/mol. The minimum atomic E-state index is 0.622. The van der Waals surface area contributed by atoms with Crippen molar-refractivity contribution in [2.24, 2.45) is 9.98 Å². The van der Waals surface area contributed by atoms with E-state index in [-0.39, 0.29) is 0 Å². The van der Waals surface area contributed by atoms with Crippen LogP contribution in [0.4, 0.5) is 0 Å². The lowest BCUT2D eigenvalue weighted by Crippen LogP contribution is -1.79. The number of rotatable bonds is 6. The minimum absolute atomic E-state index is 0.622. The van der Waals surface area contributed by atoms with Crippen LogP contribution in [-0.2, 0) is 0 Å². The summed E-state index contributed by atoms with van der Waals surface area (Å²) in [5.74, 6) is 0. The van der Waals surface area contributed by atoms with Gasteiger partial charge in [-0.3, -0.25) is 0 Å². The summed E-state index contributed by atoms with van der Waals surface area (Å²) in [5, 5.41) is 0. The third kappa shape index (κ3) is 9.12. The molecule has 0 N–H and O–H groups in total. The van der Waals surface area contributed by atoms with E-state index >= 15 is 0 Å². The predicted octanol–water partition coefficient (Wildman–Crippen LogP) is 2.54. The van der Waals surface area contributed by atoms with Gasteiger partial charge in [0, 0.05) is 6.54 Å². The van der Waals surface area contributed by atoms with Gasteiger partial charge in [0.1, 0.15) is 0 Å². The lowest BCUT2D eigenvalue weighted by molar-refractivity contribution is 0.729. The predicted molar refractivity (Wildman–Crippen MR) is 49.3 cm³/mol. The zero-order valence-corrected chi connectivity index (χ0v) is 7.21. The van der Waals surface area contributed by atoms with Crippen molar-refractivity contribution in [2.75, 3.05) is 13.1 Å². The molecule has 0 fully saturated rings. The maximum Gasteiger partial charge on any atom is 0.0895 e. The molecule has 0 rings (SSSR count). The Hall–Kier alpha value is -0.880. The number of hydrogen-bond donors (Lipinski definition) is 0. The maximum atomic E-state index is 3.98. The standard InChI is InChI=1S/C9H16N2/c1-3-5-6-8-11-9-10-7-4-2/h4H,2-3,5-8H2,1H3. The number of hydrogen-bond acceptors (Lipinski definition) is 2. The topological polar surface area (TPSA) is 24.7 Å². The van der Waals surface area contributed by atoms with E-state index in [1.165, 1.54) is 12.8 Å². The molecule has 0 aliphatic heterocycles. The molecule has 0 heterocycles. The van der Waals surface area contributed by atoms with Gasteiger partial charge in [-0.1, -0.05) is 25.8 Å². The third-order valence-electron chi connectivity index (χ3n) is 1.24. The Balaban J connectivity index is 3.21. The summed E-state index contributed by atoms with van der Waals surface area (Å²) < 4.78 is 0. The average molecular weight is 152 g/mol. The largest absolute Gasteiger partial charge is 0.226 e. The van der Waals surface area contributed by atoms with Crippen molar-refractivity contribution in [3.05, 3.63) is 12.7 Å². The Bertz CT molecular complexity index is 144. The van der Waals surface area contributed by atoms with Gasteiger partial charge in [-0.05, 0) is 6.42 Å². The van der Waals surface area contributed by atoms with E-state index in [1.54, 1.807) is 6.08 Å². The van der Waals surface area contributed by atoms with Crippen LogP contribution >= 0.6 is 0 Å². The molecule has 11 heavy (non-hydrogen) atoms. The van der Waals surface area contributed by atoms with Crippen molar-refractivity contribution in [1.82, 2.24) is 0 Å². The number of nitrogens with zero attached hydrogens (tertiary/aromatic N) is 2. The van der Waals surface area contributed by atoms with E-state index in [1.807, 2.05) is 0 Å². The van der Waals surface area contributed by atoms with Crippen LogP contribution in [0.3, 0.4) is 0 Å². The zero-order chi connectivity index (χ0) is 8.36. The van der Waals surface area contributed by atoms with Gasteiger partial charge < -0.3 is 0 Å². The lowest BCUT2D eigenvalue weighted by Gasteiger charge is -1.87. The first-order valence-electron chi connectivity index (χ1n) is 4.10. The van der Waals surface area contributed by atoms with Crippen molar-refractivity contribution < 1.29 is 0 Å². The molecule has 0 unspecified atom stereocenters. The summed E-state index contributed by atoms with van der Waals surface area (Å²) in [5.41, 5.74) is 0. The molecule has 0 bridgehead atoms. The van der Waals surface area contributed by atoms with E-state index in [4.69, 9.17) is 0 Å². The van der Waals surface area contributed by atoms with Gasteiger partial charge in [-0.2, -0.15) is 0 Å². The molecular formula is C9H16N2. The van der Waals surface area contributed by atoms with Crippen molar-refractivity contribution >= 4 is 6.01 Å². The number of aliphatic imine (C=N–C) groups is 2. The second kappa shape index (κ2) is 9.12. The van der Waals surface area contributed by atoms with Crippen LogP contribution in [-0.4, -0.2) is 19.1 Å². The van der Waals surface area contributed by atoms with Gasteiger partial charge in [0.25, 0.3) is 0 Å². The summed E-state index contributed by atoms with van der Waals surface area (Å²) >= 11 is 0. The second-order valence-electron chi connectivity index (χ2n) is 2.32. The first-order valence-corrected chi connectivity index (χ1v) is 4.10. The fourth-order valence-electron chi connectivity index (χ4n) is 0.646. The van der Waals surface area contributed by atoms with Crippen molar-refractivity contribution in [1.29, 1.82) is 0 Å². The highest BCUT2D eigenvalue weighted by molar-refractivity contribution is 5.41. The Kier molecular flexibility index (Phi) is 8.39. The average Bonchev–Trinajstić information content (AvgIpc) is 2.03. The van der Waals surface area contributed by atoms with Crippen LogP contribution in [0.5, 0.6) is 0 Å². The van der Waals surface area contributed by atoms with E-state index in [0.29, 0.717) is 6.54 Å². The third-order valence-corrected chi connectivity index (χ3v) is 1.24. The van der Waals surface area contributed by atoms with Crippen molar-refractivity contribution in [3.8, 4) is 0 Å². The lowest BCUT2D eigenvalue weighted by atomic mass is 10.3. The molecule has 0 saturated carbocycles. The van der Waals surface area contributed by atoms with E-state index in [0.717, 1.165) is 13.0 Å². The Labute approximate surface area is 68.8 Å². The van der Waals surface area contributed by atoms with Gasteiger partial charge in [0.2, 0.25) is 0 Å². The second-order valence-corrected chi connectivity index (χ2v) is 2.32. The Morgan fingerprint density at radius 2 is 2.18 bits per heavy atom. The highest BCUT2D eigenvalue weighted by atomic mass is 14.8. The molecule has 0 aliphatic rings. The van der Waals surface area contributed by atoms with Gasteiger partial charge in [0.15, 0.2) is 0 Å². The van der Waals surface area contributed by atoms with Crippen molar-refractivity contribution in [3.63, 3.8) is 0 Å². The minimum Gasteiger partial charge on any atom is -0.226 e. The fraction of sp³-hybridized carbons (Fsp3) is 0.667. The van der Waals surface area contributed by atoms with E-state index in [2.05, 4.69) is 29.5 Å². The molecule has 0 aromatic carbocycles. The molecule has 0 aliphatic carbocycles. The Morgan fingerprint density at radius 1 is 1.36 bits per heavy atom. The van der Waals surface area contributed by atoms with Gasteiger partial charge in [-0.15, -0.1) is 6.58 Å². The summed E-state index contributed by atoms with van der Waals surface area (Å²) in [7, 11) is 0. The molecule has 0 aromatic heterocycles. The van der Waals surface area contributed by atoms with Gasteiger partial charge >= 0.3 is 0 Å². The van der Waals surface area contributed by atoms with Crippen LogP contribution in [0.1, 0.15) is 26.2 Å². The maximum absolute atomic E-state index is 3.98. The SMILES string of the molecule is C=CCN=C=NCCCCC. The molecule has 2 heteroatoms. The fourth-order valence-corrected chi connectivity index (χ4v) is 0.646. The molecule has 0 saturated heterocycles. The van der Waals surface area contributed by atoms with Crippen LogP contribution < -0.4 is 0 Å². The van der Waals surface area contributed by atoms with E-state index in [9.17, 15) is 0 Å². The molecule has 0 aromatic rings. The summed E-state index contributed by atoms with van der Waals surface area (Å²) in [4.78, 5) is 7.83. The molecule has 62 valence electrons. The van der Waals surface area contributed by atoms with Gasteiger partial charge in [-0.25, -0.2) is 9.98 Å². The molecular weight excluding hydrogens is 136 g/mol.